The van der Waals surface area contributed by atoms with Gasteiger partial charge in [-0.3, -0.25) is 9.59 Å². The Labute approximate surface area is 111 Å². The predicted octanol–water partition coefficient (Wildman–Crippen LogP) is 2.73. The van der Waals surface area contributed by atoms with Crippen LogP contribution in [0.15, 0.2) is 9.59 Å². The highest BCUT2D eigenvalue weighted by Gasteiger charge is 2.30. The van der Waals surface area contributed by atoms with E-state index >= 15 is 0 Å². The summed E-state index contributed by atoms with van der Waals surface area (Å²) in [7, 11) is -1.61. The zero-order chi connectivity index (χ0) is 13.8. The summed E-state index contributed by atoms with van der Waals surface area (Å²) >= 11 is 0. The molecule has 102 valence electrons. The van der Waals surface area contributed by atoms with E-state index in [2.05, 4.69) is 26.6 Å². The molecule has 0 spiro atoms. The molecule has 0 aliphatic rings. The molecule has 1 aromatic carbocycles. The Balaban J connectivity index is 2.47. The van der Waals surface area contributed by atoms with Crippen molar-refractivity contribution in [3.8, 4) is 0 Å². The minimum atomic E-state index is -1.61. The average Bonchev–Trinajstić information content (AvgIpc) is 2.29. The van der Waals surface area contributed by atoms with E-state index < -0.39 is 8.07 Å². The van der Waals surface area contributed by atoms with Gasteiger partial charge in [-0.1, -0.05) is 58.7 Å². The van der Waals surface area contributed by atoms with Crippen LogP contribution in [0.25, 0.3) is 0 Å². The third-order valence-electron chi connectivity index (χ3n) is 3.54. The lowest BCUT2D eigenvalue weighted by molar-refractivity contribution is 0.606. The van der Waals surface area contributed by atoms with Crippen LogP contribution in [0.3, 0.4) is 0 Å². The topological polar surface area (TPSA) is 34.1 Å². The van der Waals surface area contributed by atoms with E-state index in [1.165, 1.54) is 32.1 Å². The Kier molecular flexibility index (Phi) is 5.51. The first-order valence-corrected chi connectivity index (χ1v) is 10.7. The van der Waals surface area contributed by atoms with Gasteiger partial charge in [0.05, 0.1) is 8.07 Å². The second kappa shape index (κ2) is 6.46. The van der Waals surface area contributed by atoms with Crippen LogP contribution in [0.5, 0.6) is 0 Å². The zero-order valence-electron chi connectivity index (χ0n) is 12.3. The van der Waals surface area contributed by atoms with Crippen molar-refractivity contribution >= 4 is 13.3 Å². The Morgan fingerprint density at radius 2 is 1.39 bits per heavy atom. The summed E-state index contributed by atoms with van der Waals surface area (Å²) in [6.45, 7) is 8.65. The zero-order valence-corrected chi connectivity index (χ0v) is 13.3. The van der Waals surface area contributed by atoms with Crippen molar-refractivity contribution in [2.45, 2.75) is 71.5 Å². The molecule has 0 fully saturated rings. The first-order valence-electron chi connectivity index (χ1n) is 7.22. The summed E-state index contributed by atoms with van der Waals surface area (Å²) in [6, 6.07) is 0. The summed E-state index contributed by atoms with van der Waals surface area (Å²) < 4.78 is 0. The lowest BCUT2D eigenvalue weighted by atomic mass is 10.0. The van der Waals surface area contributed by atoms with Gasteiger partial charge in [0.2, 0.25) is 10.9 Å². The Morgan fingerprint density at radius 1 is 0.833 bits per heavy atom. The molecule has 0 aliphatic carbocycles. The Morgan fingerprint density at radius 3 is 1.94 bits per heavy atom. The molecule has 0 saturated carbocycles. The molecule has 0 N–H and O–H groups in total. The summed E-state index contributed by atoms with van der Waals surface area (Å²) in [4.78, 5) is 23.2. The summed E-state index contributed by atoms with van der Waals surface area (Å²) in [6.07, 6.45) is 8.19. The fraction of sp³-hybridized carbons (Fsp3) is 0.733. The molecule has 0 radical (unpaired) electrons. The largest absolute Gasteiger partial charge is 0.286 e. The van der Waals surface area contributed by atoms with Crippen LogP contribution in [0.4, 0.5) is 0 Å². The summed E-state index contributed by atoms with van der Waals surface area (Å²) in [5, 5.41) is 0.918. The van der Waals surface area contributed by atoms with Gasteiger partial charge < -0.3 is 0 Å². The molecular weight excluding hydrogens is 240 g/mol. The predicted molar refractivity (Wildman–Crippen MR) is 81.4 cm³/mol. The maximum absolute atomic E-state index is 11.6. The molecule has 2 nitrogen and oxygen atoms in total. The molecule has 0 aromatic heterocycles. The Hall–Kier alpha value is -0.703. The highest BCUT2D eigenvalue weighted by Crippen LogP contribution is 2.09. The maximum atomic E-state index is 11.6. The fourth-order valence-electron chi connectivity index (χ4n) is 2.55. The van der Waals surface area contributed by atoms with E-state index in [-0.39, 0.29) is 10.9 Å². The first-order chi connectivity index (χ1) is 8.39. The quantitative estimate of drug-likeness (QED) is 0.412. The molecular formula is C15H26O2Si. The molecule has 0 unspecified atom stereocenters. The monoisotopic (exact) mass is 266 g/mol. The highest BCUT2D eigenvalue weighted by molar-refractivity contribution is 6.89. The van der Waals surface area contributed by atoms with Gasteiger partial charge >= 0.3 is 0 Å². The van der Waals surface area contributed by atoms with Gasteiger partial charge in [-0.2, -0.15) is 0 Å². The van der Waals surface area contributed by atoms with Crippen LogP contribution in [-0.2, 0) is 6.42 Å². The van der Waals surface area contributed by atoms with E-state index in [9.17, 15) is 9.59 Å². The number of unbranched alkanes of at least 4 members (excludes halogenated alkanes) is 5. The molecule has 0 amide bonds. The molecule has 0 atom stereocenters. The van der Waals surface area contributed by atoms with Gasteiger partial charge in [0.1, 0.15) is 0 Å². The van der Waals surface area contributed by atoms with Crippen LogP contribution in [0, 0.1) is 0 Å². The third kappa shape index (κ3) is 3.64. The smallest absolute Gasteiger partial charge is 0.228 e. The Bertz CT molecular complexity index is 448. The van der Waals surface area contributed by atoms with E-state index in [0.717, 1.165) is 23.6 Å². The molecule has 0 saturated heterocycles. The van der Waals surface area contributed by atoms with Crippen LogP contribution in [0.2, 0.25) is 19.6 Å². The SMILES string of the molecule is CCCCCCCCc1c([Si](C)(C)C)c(=O)c1=O. The molecule has 0 aliphatic heterocycles. The van der Waals surface area contributed by atoms with Crippen LogP contribution in [0.1, 0.15) is 51.0 Å². The van der Waals surface area contributed by atoms with Crippen molar-refractivity contribution in [1.82, 2.24) is 0 Å². The second-order valence-corrected chi connectivity index (χ2v) is 11.3. The van der Waals surface area contributed by atoms with Crippen molar-refractivity contribution in [3.63, 3.8) is 0 Å². The van der Waals surface area contributed by atoms with E-state index in [4.69, 9.17) is 0 Å². The molecule has 18 heavy (non-hydrogen) atoms. The number of rotatable bonds is 8. The highest BCUT2D eigenvalue weighted by atomic mass is 28.3. The molecule has 0 heterocycles. The molecule has 1 aromatic rings. The van der Waals surface area contributed by atoms with Crippen molar-refractivity contribution in [2.24, 2.45) is 0 Å². The summed E-state index contributed by atoms with van der Waals surface area (Å²) in [5.41, 5.74) is 0.491. The average molecular weight is 266 g/mol. The third-order valence-corrected chi connectivity index (χ3v) is 5.57. The lowest BCUT2D eigenvalue weighted by Crippen LogP contribution is -2.62. The van der Waals surface area contributed by atoms with Gasteiger partial charge in [0.25, 0.3) is 0 Å². The summed E-state index contributed by atoms with van der Waals surface area (Å²) in [5.74, 6) is 0. The van der Waals surface area contributed by atoms with Gasteiger partial charge in [0.15, 0.2) is 0 Å². The number of hydrogen-bond donors (Lipinski definition) is 0. The van der Waals surface area contributed by atoms with Gasteiger partial charge in [-0.15, -0.1) is 0 Å². The molecule has 1 rings (SSSR count). The minimum absolute atomic E-state index is 0.185. The number of hydrogen-bond acceptors (Lipinski definition) is 2. The van der Waals surface area contributed by atoms with Crippen LogP contribution in [-0.4, -0.2) is 8.07 Å². The maximum Gasteiger partial charge on any atom is 0.228 e. The van der Waals surface area contributed by atoms with Gasteiger partial charge in [0, 0.05) is 5.56 Å². The van der Waals surface area contributed by atoms with Gasteiger partial charge in [-0.05, 0) is 18.0 Å². The van der Waals surface area contributed by atoms with Crippen LogP contribution >= 0.6 is 0 Å². The minimum Gasteiger partial charge on any atom is -0.286 e. The lowest BCUT2D eigenvalue weighted by Gasteiger charge is -2.21. The second-order valence-electron chi connectivity index (χ2n) is 6.28. The molecule has 3 heteroatoms. The fourth-order valence-corrected chi connectivity index (χ4v) is 4.49. The standard InChI is InChI=1S/C15H26O2Si/c1-5-6-7-8-9-10-11-12-13(16)14(17)15(12)18(2,3)4/h5-11H2,1-4H3. The van der Waals surface area contributed by atoms with Crippen LogP contribution < -0.4 is 16.0 Å². The van der Waals surface area contributed by atoms with Gasteiger partial charge in [-0.25, -0.2) is 0 Å². The van der Waals surface area contributed by atoms with Crippen molar-refractivity contribution in [2.75, 3.05) is 0 Å². The van der Waals surface area contributed by atoms with E-state index in [0.29, 0.717) is 0 Å². The van der Waals surface area contributed by atoms with Crippen molar-refractivity contribution in [3.05, 3.63) is 26.0 Å². The van der Waals surface area contributed by atoms with Crippen molar-refractivity contribution in [1.29, 1.82) is 0 Å². The van der Waals surface area contributed by atoms with Crippen molar-refractivity contribution < 1.29 is 0 Å². The van der Waals surface area contributed by atoms with E-state index in [1.807, 2.05) is 0 Å². The normalized spacial score (nSPS) is 12.2. The van der Waals surface area contributed by atoms with E-state index in [1.54, 1.807) is 0 Å². The molecule has 0 bridgehead atoms. The first kappa shape index (κ1) is 15.4.